The molecule has 0 saturated heterocycles. The lowest BCUT2D eigenvalue weighted by molar-refractivity contribution is -0.143. The number of fused-ring (bicyclic) bond motifs is 3. The molecular formula is C35H29NO3. The summed E-state index contributed by atoms with van der Waals surface area (Å²) in [6, 6.07) is 37.2. The van der Waals surface area contributed by atoms with E-state index in [1.807, 2.05) is 78.9 Å². The van der Waals surface area contributed by atoms with E-state index in [1.54, 1.807) is 12.1 Å². The van der Waals surface area contributed by atoms with Gasteiger partial charge in [-0.15, -0.1) is 0 Å². The van der Waals surface area contributed by atoms with E-state index in [0.29, 0.717) is 11.3 Å². The molecule has 0 unspecified atom stereocenters. The topological polar surface area (TPSA) is 55.4 Å². The van der Waals surface area contributed by atoms with Crippen molar-refractivity contribution < 1.29 is 14.3 Å². The van der Waals surface area contributed by atoms with Crippen molar-refractivity contribution in [1.29, 1.82) is 0 Å². The molecular weight excluding hydrogens is 482 g/mol. The Hall–Kier alpha value is -4.70. The molecule has 0 radical (unpaired) electrons. The molecule has 0 spiro atoms. The Morgan fingerprint density at radius 2 is 1.44 bits per heavy atom. The van der Waals surface area contributed by atoms with Crippen LogP contribution in [0.3, 0.4) is 0 Å². The maximum Gasteiger partial charge on any atom is 0.338 e. The van der Waals surface area contributed by atoms with E-state index in [-0.39, 0.29) is 12.3 Å². The highest BCUT2D eigenvalue weighted by atomic mass is 16.5. The van der Waals surface area contributed by atoms with Gasteiger partial charge >= 0.3 is 5.97 Å². The summed E-state index contributed by atoms with van der Waals surface area (Å²) in [6.07, 6.45) is 0.273. The lowest BCUT2D eigenvalue weighted by atomic mass is 9.69. The highest BCUT2D eigenvalue weighted by Crippen LogP contribution is 2.49. The zero-order valence-electron chi connectivity index (χ0n) is 22.0. The number of carbonyl (C=O) groups is 2. The van der Waals surface area contributed by atoms with Gasteiger partial charge < -0.3 is 10.1 Å². The number of nitrogens with one attached hydrogen (secondary N) is 1. The van der Waals surface area contributed by atoms with Crippen LogP contribution in [0.2, 0.25) is 0 Å². The Labute approximate surface area is 228 Å². The van der Waals surface area contributed by atoms with Gasteiger partial charge in [0.05, 0.1) is 0 Å². The van der Waals surface area contributed by atoms with Crippen LogP contribution in [-0.4, -0.2) is 17.4 Å². The predicted octanol–water partition coefficient (Wildman–Crippen LogP) is 6.92. The summed E-state index contributed by atoms with van der Waals surface area (Å²) in [7, 11) is 0. The quantitative estimate of drug-likeness (QED) is 0.206. The summed E-state index contributed by atoms with van der Waals surface area (Å²) in [4.78, 5) is 28.2. The molecule has 0 bridgehead atoms. The molecule has 1 amide bonds. The smallest absolute Gasteiger partial charge is 0.338 e. The Morgan fingerprint density at radius 1 is 0.795 bits per heavy atom. The van der Waals surface area contributed by atoms with Crippen LogP contribution in [0.15, 0.2) is 115 Å². The number of benzene rings is 5. The molecule has 1 heterocycles. The number of esters is 1. The first-order chi connectivity index (χ1) is 18.9. The van der Waals surface area contributed by atoms with E-state index >= 15 is 0 Å². The first kappa shape index (κ1) is 24.6. The average molecular weight is 512 g/mol. The van der Waals surface area contributed by atoms with Crippen molar-refractivity contribution >= 4 is 22.6 Å². The van der Waals surface area contributed by atoms with Gasteiger partial charge in [0, 0.05) is 28.9 Å². The van der Waals surface area contributed by atoms with Crippen LogP contribution in [0, 0.1) is 13.8 Å². The number of rotatable bonds is 5. The fraction of sp³-hybridized carbons (Fsp3) is 0.143. The zero-order valence-corrected chi connectivity index (χ0v) is 22.0. The van der Waals surface area contributed by atoms with Gasteiger partial charge in [-0.2, -0.15) is 0 Å². The van der Waals surface area contributed by atoms with Gasteiger partial charge in [-0.3, -0.25) is 4.79 Å². The maximum atomic E-state index is 14.4. The van der Waals surface area contributed by atoms with Crippen molar-refractivity contribution in [2.45, 2.75) is 31.7 Å². The molecule has 1 aliphatic heterocycles. The van der Waals surface area contributed by atoms with Crippen LogP contribution in [0.25, 0.3) is 10.8 Å². The Balaban J connectivity index is 1.63. The molecule has 0 aromatic heterocycles. The number of aryl methyl sites for hydroxylation is 2. The second-order valence-electron chi connectivity index (χ2n) is 10.4. The molecule has 1 aliphatic rings. The Bertz CT molecular complexity index is 1670. The normalized spacial score (nSPS) is 18.3. The van der Waals surface area contributed by atoms with E-state index in [0.717, 1.165) is 38.6 Å². The van der Waals surface area contributed by atoms with Crippen LogP contribution >= 0.6 is 0 Å². The predicted molar refractivity (Wildman–Crippen MR) is 154 cm³/mol. The molecule has 4 nitrogen and oxygen atoms in total. The minimum atomic E-state index is -1.38. The number of amides is 1. The lowest BCUT2D eigenvalue weighted by Crippen LogP contribution is -2.63. The molecule has 0 saturated carbocycles. The second kappa shape index (κ2) is 9.88. The van der Waals surface area contributed by atoms with Gasteiger partial charge in [-0.1, -0.05) is 114 Å². The highest BCUT2D eigenvalue weighted by molar-refractivity contribution is 6.02. The number of hydrogen-bond donors (Lipinski definition) is 1. The van der Waals surface area contributed by atoms with Gasteiger partial charge in [0.15, 0.2) is 5.54 Å². The van der Waals surface area contributed by atoms with Crippen molar-refractivity contribution in [3.8, 4) is 5.75 Å². The highest BCUT2D eigenvalue weighted by Gasteiger charge is 2.54. The summed E-state index contributed by atoms with van der Waals surface area (Å²) in [6.45, 7) is 4.11. The minimum absolute atomic E-state index is 0.273. The average Bonchev–Trinajstić information content (AvgIpc) is 2.94. The van der Waals surface area contributed by atoms with Crippen molar-refractivity contribution in [3.05, 3.63) is 149 Å². The van der Waals surface area contributed by atoms with Crippen molar-refractivity contribution in [1.82, 2.24) is 5.32 Å². The van der Waals surface area contributed by atoms with E-state index in [9.17, 15) is 9.59 Å². The monoisotopic (exact) mass is 511 g/mol. The van der Waals surface area contributed by atoms with Gasteiger partial charge in [-0.25, -0.2) is 4.79 Å². The first-order valence-corrected chi connectivity index (χ1v) is 13.2. The molecule has 2 atom stereocenters. The largest absolute Gasteiger partial charge is 0.424 e. The zero-order chi connectivity index (χ0) is 27.0. The van der Waals surface area contributed by atoms with Crippen LogP contribution in [-0.2, 0) is 11.2 Å². The van der Waals surface area contributed by atoms with E-state index in [1.165, 1.54) is 0 Å². The Morgan fingerprint density at radius 3 is 2.15 bits per heavy atom. The third kappa shape index (κ3) is 4.48. The minimum Gasteiger partial charge on any atom is -0.424 e. The second-order valence-corrected chi connectivity index (χ2v) is 10.4. The molecule has 192 valence electrons. The molecule has 0 aliphatic carbocycles. The number of ether oxygens (including phenoxy) is 1. The standard InChI is InChI=1S/C35H29NO3/c1-23-19-24(2)21-28(20-23)31-30-18-17-26-13-9-10-16-29(26)32(30)39-34(38)35(31,22-25-11-5-3-6-12-25)36-33(37)27-14-7-4-8-15-27/h3-21,31H,22H2,1-2H3,(H,36,37)/t31-,35-/m0/s1. The fourth-order valence-electron chi connectivity index (χ4n) is 5.93. The van der Waals surface area contributed by atoms with Crippen LogP contribution in [0.1, 0.15) is 44.1 Å². The third-order valence-electron chi connectivity index (χ3n) is 7.55. The van der Waals surface area contributed by atoms with Crippen molar-refractivity contribution in [2.24, 2.45) is 0 Å². The van der Waals surface area contributed by atoms with E-state index in [4.69, 9.17) is 4.74 Å². The van der Waals surface area contributed by atoms with Crippen molar-refractivity contribution in [3.63, 3.8) is 0 Å². The maximum absolute atomic E-state index is 14.4. The molecule has 0 fully saturated rings. The van der Waals surface area contributed by atoms with Gasteiger partial charge in [0.2, 0.25) is 0 Å². The summed E-state index contributed by atoms with van der Waals surface area (Å²) >= 11 is 0. The number of hydrogen-bond acceptors (Lipinski definition) is 3. The summed E-state index contributed by atoms with van der Waals surface area (Å²) in [5.74, 6) is -0.713. The summed E-state index contributed by atoms with van der Waals surface area (Å²) < 4.78 is 6.23. The fourth-order valence-corrected chi connectivity index (χ4v) is 5.93. The van der Waals surface area contributed by atoms with Gasteiger partial charge in [-0.05, 0) is 42.5 Å². The Kier molecular flexibility index (Phi) is 6.24. The van der Waals surface area contributed by atoms with Crippen molar-refractivity contribution in [2.75, 3.05) is 0 Å². The van der Waals surface area contributed by atoms with Gasteiger partial charge in [0.1, 0.15) is 5.75 Å². The van der Waals surface area contributed by atoms with E-state index in [2.05, 4.69) is 43.4 Å². The molecule has 5 aromatic carbocycles. The third-order valence-corrected chi connectivity index (χ3v) is 7.55. The molecule has 6 rings (SSSR count). The first-order valence-electron chi connectivity index (χ1n) is 13.2. The SMILES string of the molecule is Cc1cc(C)cc([C@H]2c3ccc4ccccc4c3OC(=O)[C@@]2(Cc2ccccc2)NC(=O)c2ccccc2)c1. The van der Waals surface area contributed by atoms with Crippen LogP contribution in [0.5, 0.6) is 5.75 Å². The van der Waals surface area contributed by atoms with E-state index < -0.39 is 17.4 Å². The summed E-state index contributed by atoms with van der Waals surface area (Å²) in [5, 5.41) is 5.08. The van der Waals surface area contributed by atoms with Crippen LogP contribution < -0.4 is 10.1 Å². The van der Waals surface area contributed by atoms with Crippen LogP contribution in [0.4, 0.5) is 0 Å². The molecule has 1 N–H and O–H groups in total. The lowest BCUT2D eigenvalue weighted by Gasteiger charge is -2.44. The molecule has 39 heavy (non-hydrogen) atoms. The molecule has 4 heteroatoms. The molecule has 5 aromatic rings. The van der Waals surface area contributed by atoms with Gasteiger partial charge in [0.25, 0.3) is 5.91 Å². The summed E-state index contributed by atoms with van der Waals surface area (Å²) in [5.41, 5.74) is 4.06. The number of carbonyl (C=O) groups excluding carboxylic acids is 2.